The highest BCUT2D eigenvalue weighted by molar-refractivity contribution is 5.85. The summed E-state index contributed by atoms with van der Waals surface area (Å²) in [7, 11) is 1.68. The number of pyridine rings is 1. The number of aromatic nitrogens is 5. The summed E-state index contributed by atoms with van der Waals surface area (Å²) >= 11 is 0. The molecule has 0 bridgehead atoms. The van der Waals surface area contributed by atoms with Crippen molar-refractivity contribution in [1.82, 2.24) is 29.6 Å². The van der Waals surface area contributed by atoms with E-state index in [2.05, 4.69) is 46.8 Å². The Morgan fingerprint density at radius 2 is 1.86 bits per heavy atom. The van der Waals surface area contributed by atoms with Crippen LogP contribution in [-0.4, -0.2) is 67.6 Å². The van der Waals surface area contributed by atoms with E-state index in [0.717, 1.165) is 49.4 Å². The lowest BCUT2D eigenvalue weighted by molar-refractivity contribution is 0.170. The summed E-state index contributed by atoms with van der Waals surface area (Å²) in [5.41, 5.74) is 15.0. The summed E-state index contributed by atoms with van der Waals surface area (Å²) in [6.07, 6.45) is 10.4. The molecule has 3 aromatic heterocycles. The first-order valence-corrected chi connectivity index (χ1v) is 13.0. The molecule has 198 valence electrons. The monoisotopic (exact) mass is 498 g/mol. The number of fused-ring (bicyclic) bond motifs is 1. The van der Waals surface area contributed by atoms with Crippen LogP contribution in [0.2, 0.25) is 0 Å². The number of nitrogens with zero attached hydrogens (tertiary/aromatic N) is 6. The fourth-order valence-corrected chi connectivity index (χ4v) is 4.59. The van der Waals surface area contributed by atoms with Gasteiger partial charge in [0.15, 0.2) is 5.82 Å². The number of aliphatic hydroxyl groups excluding tert-OH is 1. The Morgan fingerprint density at radius 3 is 2.50 bits per heavy atom. The van der Waals surface area contributed by atoms with E-state index < -0.39 is 0 Å². The van der Waals surface area contributed by atoms with Gasteiger partial charge in [0.1, 0.15) is 16.8 Å². The van der Waals surface area contributed by atoms with E-state index in [-0.39, 0.29) is 5.95 Å². The van der Waals surface area contributed by atoms with Crippen LogP contribution in [0.1, 0.15) is 76.5 Å². The topological polar surface area (TPSA) is 141 Å². The van der Waals surface area contributed by atoms with Gasteiger partial charge >= 0.3 is 0 Å². The summed E-state index contributed by atoms with van der Waals surface area (Å²) in [6.45, 7) is 9.70. The number of nitrogens with two attached hydrogens (primary N) is 2. The van der Waals surface area contributed by atoms with Gasteiger partial charge in [0, 0.05) is 42.1 Å². The fourth-order valence-electron chi connectivity index (χ4n) is 4.59. The predicted octanol–water partition coefficient (Wildman–Crippen LogP) is 3.59. The molecule has 1 saturated heterocycles. The Kier molecular flexibility index (Phi) is 10.2. The van der Waals surface area contributed by atoms with Crippen molar-refractivity contribution in [3.8, 4) is 5.75 Å². The zero-order valence-electron chi connectivity index (χ0n) is 22.2. The molecule has 1 aliphatic rings. The highest BCUT2D eigenvalue weighted by Gasteiger charge is 2.24. The van der Waals surface area contributed by atoms with Crippen molar-refractivity contribution < 1.29 is 9.84 Å². The van der Waals surface area contributed by atoms with Crippen LogP contribution < -0.4 is 16.2 Å². The van der Waals surface area contributed by atoms with Gasteiger partial charge in [0.2, 0.25) is 5.95 Å². The number of hydrogen-bond acceptors (Lipinski definition) is 9. The Morgan fingerprint density at radius 1 is 1.11 bits per heavy atom. The van der Waals surface area contributed by atoms with Gasteiger partial charge in [0.05, 0.1) is 19.9 Å². The maximum Gasteiger partial charge on any atom is 0.222 e. The normalized spacial score (nSPS) is 14.7. The molecule has 0 spiro atoms. The minimum Gasteiger partial charge on any atom is -0.496 e. The maximum atomic E-state index is 8.29. The molecule has 3 aromatic rings. The lowest BCUT2D eigenvalue weighted by Gasteiger charge is -2.34. The van der Waals surface area contributed by atoms with Gasteiger partial charge in [-0.3, -0.25) is 9.67 Å². The summed E-state index contributed by atoms with van der Waals surface area (Å²) in [5, 5.41) is 12.7. The van der Waals surface area contributed by atoms with E-state index >= 15 is 0 Å². The summed E-state index contributed by atoms with van der Waals surface area (Å²) in [4.78, 5) is 15.5. The van der Waals surface area contributed by atoms with E-state index in [1.165, 1.54) is 19.3 Å². The van der Waals surface area contributed by atoms with Crippen LogP contribution in [0.3, 0.4) is 0 Å². The molecule has 0 radical (unpaired) electrons. The average Bonchev–Trinajstić information content (AvgIpc) is 3.27. The smallest absolute Gasteiger partial charge is 0.222 e. The predicted molar refractivity (Wildman–Crippen MR) is 144 cm³/mol. The van der Waals surface area contributed by atoms with Gasteiger partial charge in [-0.2, -0.15) is 10.1 Å². The molecule has 0 atom stereocenters. The molecule has 4 rings (SSSR count). The number of ether oxygens (including phenoxy) is 1. The number of likely N-dealkylation sites (tertiary alicyclic amines) is 1. The van der Waals surface area contributed by atoms with Gasteiger partial charge in [-0.1, -0.05) is 26.2 Å². The SMILES string of the molecule is CCCCCCO.COc1cc(C2CCN(C(C)C)CC2)ncc1Cn1ncc2nc(N)nc(N)c21. The van der Waals surface area contributed by atoms with Crippen LogP contribution in [0.5, 0.6) is 5.75 Å². The highest BCUT2D eigenvalue weighted by atomic mass is 16.5. The largest absolute Gasteiger partial charge is 0.496 e. The summed E-state index contributed by atoms with van der Waals surface area (Å²) in [5.74, 6) is 1.72. The molecule has 5 N–H and O–H groups in total. The standard InChI is InChI=1S/C20H28N8O.C6H14O/c1-12(2)27-6-4-13(5-7-27)15-8-17(29-3)14(9-23-15)11-28-18-16(10-24-28)25-20(22)26-19(18)21;1-2-3-4-5-6-7/h8-10,12-13H,4-7,11H2,1-3H3,(H4,21,22,25,26);7H,2-6H2,1H3. The van der Waals surface area contributed by atoms with E-state index in [4.69, 9.17) is 26.3 Å². The Bertz CT molecular complexity index is 1090. The first-order chi connectivity index (χ1) is 17.4. The first-order valence-electron chi connectivity index (χ1n) is 13.0. The molecule has 0 saturated carbocycles. The second-order valence-corrected chi connectivity index (χ2v) is 9.61. The average molecular weight is 499 g/mol. The summed E-state index contributed by atoms with van der Waals surface area (Å²) < 4.78 is 7.43. The molecule has 0 unspecified atom stereocenters. The fraction of sp³-hybridized carbons (Fsp3) is 0.615. The van der Waals surface area contributed by atoms with Crippen LogP contribution in [0.25, 0.3) is 11.0 Å². The molecule has 10 nitrogen and oxygen atoms in total. The number of piperidine rings is 1. The number of hydrogen-bond donors (Lipinski definition) is 3. The number of unbranched alkanes of at least 4 members (excludes halogenated alkanes) is 3. The lowest BCUT2D eigenvalue weighted by Crippen LogP contribution is -2.38. The van der Waals surface area contributed by atoms with Crippen molar-refractivity contribution in [3.63, 3.8) is 0 Å². The number of anilines is 2. The third kappa shape index (κ3) is 7.04. The third-order valence-electron chi connectivity index (χ3n) is 6.73. The molecule has 4 heterocycles. The Balaban J connectivity index is 0.000000454. The Hall–Kier alpha value is -2.98. The van der Waals surface area contributed by atoms with Crippen molar-refractivity contribution >= 4 is 22.8 Å². The quantitative estimate of drug-likeness (QED) is 0.377. The second-order valence-electron chi connectivity index (χ2n) is 9.61. The minimum atomic E-state index is 0.140. The molecule has 10 heteroatoms. The molecule has 0 aromatic carbocycles. The van der Waals surface area contributed by atoms with E-state index in [1.54, 1.807) is 18.0 Å². The molecule has 36 heavy (non-hydrogen) atoms. The van der Waals surface area contributed by atoms with E-state index in [9.17, 15) is 0 Å². The number of rotatable bonds is 9. The molecular formula is C26H42N8O2. The van der Waals surface area contributed by atoms with E-state index in [0.29, 0.717) is 42.0 Å². The summed E-state index contributed by atoms with van der Waals surface area (Å²) in [6, 6.07) is 2.66. The van der Waals surface area contributed by atoms with E-state index in [1.807, 2.05) is 6.20 Å². The van der Waals surface area contributed by atoms with Crippen LogP contribution in [-0.2, 0) is 6.54 Å². The van der Waals surface area contributed by atoms with Gasteiger partial charge in [-0.25, -0.2) is 4.98 Å². The van der Waals surface area contributed by atoms with Gasteiger partial charge in [-0.05, 0) is 46.2 Å². The van der Waals surface area contributed by atoms with Crippen molar-refractivity contribution in [2.24, 2.45) is 0 Å². The number of nitrogen functional groups attached to an aromatic ring is 2. The molecular weight excluding hydrogens is 456 g/mol. The molecule has 1 fully saturated rings. The van der Waals surface area contributed by atoms with Gasteiger partial charge in [0.25, 0.3) is 0 Å². The van der Waals surface area contributed by atoms with Gasteiger partial charge in [-0.15, -0.1) is 0 Å². The van der Waals surface area contributed by atoms with Crippen molar-refractivity contribution in [1.29, 1.82) is 0 Å². The highest BCUT2D eigenvalue weighted by Crippen LogP contribution is 2.31. The van der Waals surface area contributed by atoms with Crippen LogP contribution >= 0.6 is 0 Å². The van der Waals surface area contributed by atoms with Crippen LogP contribution in [0, 0.1) is 0 Å². The molecule has 1 aliphatic heterocycles. The maximum absolute atomic E-state index is 8.29. The molecule has 0 aliphatic carbocycles. The van der Waals surface area contributed by atoms with Crippen LogP contribution in [0.15, 0.2) is 18.5 Å². The zero-order valence-corrected chi connectivity index (χ0v) is 22.2. The number of aliphatic hydroxyl groups is 1. The lowest BCUT2D eigenvalue weighted by atomic mass is 9.92. The second kappa shape index (κ2) is 13.4. The minimum absolute atomic E-state index is 0.140. The third-order valence-corrected chi connectivity index (χ3v) is 6.73. The Labute approximate surface area is 214 Å². The van der Waals surface area contributed by atoms with Crippen molar-refractivity contribution in [2.45, 2.75) is 77.8 Å². The zero-order chi connectivity index (χ0) is 26.1. The van der Waals surface area contributed by atoms with Crippen molar-refractivity contribution in [3.05, 3.63) is 29.7 Å². The van der Waals surface area contributed by atoms with Crippen LogP contribution in [0.4, 0.5) is 11.8 Å². The number of methoxy groups -OCH3 is 1. The van der Waals surface area contributed by atoms with Gasteiger partial charge < -0.3 is 26.2 Å². The first kappa shape index (κ1) is 27.6. The molecule has 0 amide bonds. The van der Waals surface area contributed by atoms with Crippen molar-refractivity contribution in [2.75, 3.05) is 38.3 Å².